The summed E-state index contributed by atoms with van der Waals surface area (Å²) in [7, 11) is 0. The van der Waals surface area contributed by atoms with Crippen molar-refractivity contribution >= 4 is 22.9 Å². The zero-order valence-corrected chi connectivity index (χ0v) is 7.93. The third kappa shape index (κ3) is 2.46. The lowest BCUT2D eigenvalue weighted by Crippen LogP contribution is -2.18. The van der Waals surface area contributed by atoms with Crippen molar-refractivity contribution in [2.75, 3.05) is 12.4 Å². The van der Waals surface area contributed by atoms with E-state index in [1.165, 1.54) is 6.08 Å². The molecule has 6 heteroatoms. The first-order valence-electron chi connectivity index (χ1n) is 3.72. The fraction of sp³-hybridized carbons (Fsp3) is 0.429. The quantitative estimate of drug-likeness (QED) is 0.512. The maximum Gasteiger partial charge on any atom is 0.332 e. The van der Waals surface area contributed by atoms with E-state index in [1.54, 1.807) is 6.92 Å². The molecule has 5 nitrogen and oxygen atoms in total. The van der Waals surface area contributed by atoms with E-state index in [2.05, 4.69) is 4.74 Å². The predicted molar refractivity (Wildman–Crippen MR) is 48.5 cm³/mol. The van der Waals surface area contributed by atoms with Crippen molar-refractivity contribution in [3.05, 3.63) is 11.8 Å². The molecule has 1 aliphatic heterocycles. The number of carbonyl (C=O) groups is 1. The minimum absolute atomic E-state index is 0.0237. The van der Waals surface area contributed by atoms with Crippen molar-refractivity contribution in [1.29, 1.82) is 5.41 Å². The molecule has 0 aliphatic carbocycles. The van der Waals surface area contributed by atoms with Gasteiger partial charge in [-0.1, -0.05) is 11.8 Å². The van der Waals surface area contributed by atoms with E-state index in [-0.39, 0.29) is 5.17 Å². The number of nitrogens with one attached hydrogen (secondary N) is 1. The molecule has 2 N–H and O–H groups in total. The fourth-order valence-corrected chi connectivity index (χ4v) is 1.55. The van der Waals surface area contributed by atoms with Crippen LogP contribution in [-0.4, -0.2) is 33.8 Å². The average Bonchev–Trinajstić information content (AvgIpc) is 2.37. The molecule has 0 spiro atoms. The Morgan fingerprint density at radius 3 is 3.08 bits per heavy atom. The Bertz CT molecular complexity index is 264. The zero-order valence-electron chi connectivity index (χ0n) is 7.11. The van der Waals surface area contributed by atoms with Gasteiger partial charge >= 0.3 is 5.97 Å². The lowest BCUT2D eigenvalue weighted by atomic mass is 10.4. The van der Waals surface area contributed by atoms with E-state index < -0.39 is 5.97 Å². The molecule has 0 aromatic heterocycles. The number of hydrogen-bond acceptors (Lipinski definition) is 5. The molecule has 0 aromatic rings. The molecule has 0 saturated carbocycles. The van der Waals surface area contributed by atoms with Crippen LogP contribution in [0.3, 0.4) is 0 Å². The van der Waals surface area contributed by atoms with Gasteiger partial charge in [0.05, 0.1) is 12.3 Å². The van der Waals surface area contributed by atoms with E-state index in [0.717, 1.165) is 11.8 Å². The molecule has 0 bridgehead atoms. The van der Waals surface area contributed by atoms with Gasteiger partial charge in [-0.15, -0.1) is 0 Å². The molecule has 1 saturated heterocycles. The van der Waals surface area contributed by atoms with Crippen LogP contribution in [0.15, 0.2) is 11.8 Å². The number of esters is 1. The van der Waals surface area contributed by atoms with E-state index in [0.29, 0.717) is 23.1 Å². The number of thioether (sulfide) groups is 1. The molecule has 0 aromatic carbocycles. The van der Waals surface area contributed by atoms with Crippen molar-refractivity contribution in [1.82, 2.24) is 5.06 Å². The number of ether oxygens (including phenoxy) is 1. The van der Waals surface area contributed by atoms with Gasteiger partial charge < -0.3 is 4.74 Å². The molecule has 1 rings (SSSR count). The Morgan fingerprint density at radius 2 is 2.62 bits per heavy atom. The van der Waals surface area contributed by atoms with Crippen LogP contribution in [0.2, 0.25) is 0 Å². The highest BCUT2D eigenvalue weighted by Gasteiger charge is 2.22. The summed E-state index contributed by atoms with van der Waals surface area (Å²) in [4.78, 5) is 10.9. The monoisotopic (exact) mass is 202 g/mol. The van der Waals surface area contributed by atoms with Gasteiger partial charge in [0, 0.05) is 11.8 Å². The second-order valence-corrected chi connectivity index (χ2v) is 3.26. The molecule has 13 heavy (non-hydrogen) atoms. The van der Waals surface area contributed by atoms with Gasteiger partial charge in [0.15, 0.2) is 5.17 Å². The van der Waals surface area contributed by atoms with Crippen molar-refractivity contribution in [2.45, 2.75) is 6.92 Å². The summed E-state index contributed by atoms with van der Waals surface area (Å²) >= 11 is 1.16. The van der Waals surface area contributed by atoms with Gasteiger partial charge in [0.1, 0.15) is 0 Å². The van der Waals surface area contributed by atoms with Crippen LogP contribution in [0.4, 0.5) is 0 Å². The van der Waals surface area contributed by atoms with Crippen molar-refractivity contribution in [3.63, 3.8) is 0 Å². The van der Waals surface area contributed by atoms with E-state index in [4.69, 9.17) is 5.41 Å². The molecule has 1 heterocycles. The van der Waals surface area contributed by atoms with Crippen LogP contribution in [0, 0.1) is 5.41 Å². The van der Waals surface area contributed by atoms with Gasteiger partial charge in [0.25, 0.3) is 0 Å². The molecule has 1 fully saturated rings. The lowest BCUT2D eigenvalue weighted by Gasteiger charge is -2.07. The second kappa shape index (κ2) is 4.29. The summed E-state index contributed by atoms with van der Waals surface area (Å²) in [5.41, 5.74) is 0.383. The summed E-state index contributed by atoms with van der Waals surface area (Å²) in [6.07, 6.45) is 1.19. The molecular formula is C7H10N2O3S. The first-order chi connectivity index (χ1) is 6.15. The topological polar surface area (TPSA) is 73.6 Å². The Kier molecular flexibility index (Phi) is 3.32. The Hall–Kier alpha value is -1.01. The molecule has 1 aliphatic rings. The van der Waals surface area contributed by atoms with Crippen molar-refractivity contribution in [2.24, 2.45) is 0 Å². The normalized spacial score (nSPS) is 19.7. The highest BCUT2D eigenvalue weighted by atomic mass is 32.2. The van der Waals surface area contributed by atoms with Crippen LogP contribution >= 0.6 is 11.8 Å². The Labute approximate surface area is 79.8 Å². The summed E-state index contributed by atoms with van der Waals surface area (Å²) in [6.45, 7) is 2.01. The zero-order chi connectivity index (χ0) is 9.84. The fourth-order valence-electron chi connectivity index (χ4n) is 0.818. The van der Waals surface area contributed by atoms with Gasteiger partial charge in [-0.2, -0.15) is 0 Å². The molecule has 0 unspecified atom stereocenters. The summed E-state index contributed by atoms with van der Waals surface area (Å²) in [6, 6.07) is 0. The largest absolute Gasteiger partial charge is 0.463 e. The van der Waals surface area contributed by atoms with E-state index in [9.17, 15) is 10.0 Å². The first kappa shape index (κ1) is 10.1. The summed E-state index contributed by atoms with van der Waals surface area (Å²) < 4.78 is 4.65. The van der Waals surface area contributed by atoms with Crippen LogP contribution < -0.4 is 0 Å². The summed E-state index contributed by atoms with van der Waals surface area (Å²) in [5.74, 6) is -0.0689. The molecule has 0 radical (unpaired) electrons. The molecule has 72 valence electrons. The first-order valence-corrected chi connectivity index (χ1v) is 4.71. The highest BCUT2D eigenvalue weighted by Crippen LogP contribution is 2.23. The minimum Gasteiger partial charge on any atom is -0.463 e. The third-order valence-electron chi connectivity index (χ3n) is 1.39. The van der Waals surface area contributed by atoms with Gasteiger partial charge in [-0.3, -0.25) is 10.6 Å². The summed E-state index contributed by atoms with van der Waals surface area (Å²) in [5, 5.41) is 17.1. The van der Waals surface area contributed by atoms with Crippen LogP contribution in [0.5, 0.6) is 0 Å². The van der Waals surface area contributed by atoms with Gasteiger partial charge in [-0.05, 0) is 6.92 Å². The molecule has 0 atom stereocenters. The third-order valence-corrected chi connectivity index (χ3v) is 2.28. The number of hydrogen-bond donors (Lipinski definition) is 2. The predicted octanol–water partition coefficient (Wildman–Crippen LogP) is 0.806. The van der Waals surface area contributed by atoms with Crippen LogP contribution in [-0.2, 0) is 9.53 Å². The maximum absolute atomic E-state index is 10.9. The number of amidine groups is 1. The maximum atomic E-state index is 10.9. The highest BCUT2D eigenvalue weighted by molar-refractivity contribution is 8.14. The van der Waals surface area contributed by atoms with Crippen molar-refractivity contribution in [3.8, 4) is 0 Å². The number of nitrogens with zero attached hydrogens (tertiary/aromatic N) is 1. The van der Waals surface area contributed by atoms with E-state index >= 15 is 0 Å². The van der Waals surface area contributed by atoms with Crippen LogP contribution in [0.1, 0.15) is 6.92 Å². The molecular weight excluding hydrogens is 192 g/mol. The van der Waals surface area contributed by atoms with Crippen LogP contribution in [0.25, 0.3) is 0 Å². The standard InChI is InChI=1S/C7H10N2O3S/c1-2-12-6(10)3-5-4-13-7(8)9(5)11/h3,8,11H,2,4H2,1H3/b5-3+,8-7?. The molecule has 0 amide bonds. The smallest absolute Gasteiger partial charge is 0.332 e. The van der Waals surface area contributed by atoms with Crippen molar-refractivity contribution < 1.29 is 14.7 Å². The number of carbonyl (C=O) groups excluding carboxylic acids is 1. The van der Waals surface area contributed by atoms with Gasteiger partial charge in [0.2, 0.25) is 0 Å². The minimum atomic E-state index is -0.494. The Morgan fingerprint density at radius 1 is 1.92 bits per heavy atom. The SMILES string of the molecule is CCOC(=O)/C=C1\CSC(=N)N1O. The van der Waals surface area contributed by atoms with Gasteiger partial charge in [-0.25, -0.2) is 9.86 Å². The number of hydroxylamine groups is 2. The lowest BCUT2D eigenvalue weighted by molar-refractivity contribution is -0.137. The Balaban J connectivity index is 2.61. The van der Waals surface area contributed by atoms with E-state index in [1.807, 2.05) is 0 Å². The average molecular weight is 202 g/mol. The second-order valence-electron chi connectivity index (χ2n) is 2.29. The number of rotatable bonds is 2.